The van der Waals surface area contributed by atoms with Gasteiger partial charge in [-0.3, -0.25) is 0 Å². The summed E-state index contributed by atoms with van der Waals surface area (Å²) in [7, 11) is 4.68. The smallest absolute Gasteiger partial charge is 0.203 e. The predicted molar refractivity (Wildman–Crippen MR) is 96.8 cm³/mol. The van der Waals surface area contributed by atoms with E-state index in [1.165, 1.54) is 0 Å². The van der Waals surface area contributed by atoms with Gasteiger partial charge in [-0.25, -0.2) is 0 Å². The molecule has 3 rings (SSSR count). The number of aliphatic hydroxyl groups excluding tert-OH is 1. The van der Waals surface area contributed by atoms with Crippen LogP contribution >= 0.6 is 0 Å². The van der Waals surface area contributed by atoms with Crippen LogP contribution in [0.2, 0.25) is 0 Å². The molecule has 0 bridgehead atoms. The number of allylic oxidation sites excluding steroid dienone is 1. The third-order valence-electron chi connectivity index (χ3n) is 5.67. The molecule has 1 fully saturated rings. The molecule has 0 aromatic heterocycles. The van der Waals surface area contributed by atoms with Crippen molar-refractivity contribution in [1.82, 2.24) is 0 Å². The summed E-state index contributed by atoms with van der Waals surface area (Å²) in [6.45, 7) is 3.70. The molecule has 0 spiro atoms. The largest absolute Gasteiger partial charge is 0.493 e. The number of benzene rings is 1. The summed E-state index contributed by atoms with van der Waals surface area (Å²) in [5, 5.41) is 21.7. The fraction of sp³-hybridized carbons (Fsp3) is 0.600. The molecular formula is C20H28O6. The summed E-state index contributed by atoms with van der Waals surface area (Å²) in [6.07, 6.45) is 1.46. The Bertz CT molecular complexity index is 696. The zero-order chi connectivity index (χ0) is 19.1. The molecular weight excluding hydrogens is 336 g/mol. The maximum absolute atomic E-state index is 11.1. The zero-order valence-electron chi connectivity index (χ0n) is 16.0. The van der Waals surface area contributed by atoms with Crippen molar-refractivity contribution in [3.8, 4) is 17.2 Å². The van der Waals surface area contributed by atoms with Crippen LogP contribution in [-0.4, -0.2) is 49.4 Å². The van der Waals surface area contributed by atoms with Crippen LogP contribution in [0.15, 0.2) is 23.8 Å². The van der Waals surface area contributed by atoms with Crippen LogP contribution in [0.25, 0.3) is 0 Å². The first-order valence-corrected chi connectivity index (χ1v) is 8.85. The average Bonchev–Trinajstić information content (AvgIpc) is 2.62. The molecule has 1 aliphatic heterocycles. The average molecular weight is 364 g/mol. The highest BCUT2D eigenvalue weighted by Gasteiger charge is 2.50. The molecule has 2 N–H and O–H groups in total. The summed E-state index contributed by atoms with van der Waals surface area (Å²) in [5.74, 6) is 1.41. The highest BCUT2D eigenvalue weighted by molar-refractivity contribution is 5.56. The fourth-order valence-corrected chi connectivity index (χ4v) is 4.15. The van der Waals surface area contributed by atoms with Crippen molar-refractivity contribution in [2.45, 2.75) is 50.6 Å². The van der Waals surface area contributed by atoms with Gasteiger partial charge < -0.3 is 29.2 Å². The summed E-state index contributed by atoms with van der Waals surface area (Å²) in [6, 6.07) is 3.66. The first-order chi connectivity index (χ1) is 12.3. The molecule has 2 aliphatic rings. The molecule has 1 aromatic carbocycles. The highest BCUT2D eigenvalue weighted by Crippen LogP contribution is 2.50. The van der Waals surface area contributed by atoms with Gasteiger partial charge in [-0.1, -0.05) is 6.08 Å². The van der Waals surface area contributed by atoms with Gasteiger partial charge >= 0.3 is 0 Å². The maximum atomic E-state index is 11.1. The minimum atomic E-state index is -0.968. The van der Waals surface area contributed by atoms with Crippen molar-refractivity contribution in [3.05, 3.63) is 29.3 Å². The fourth-order valence-electron chi connectivity index (χ4n) is 4.15. The molecule has 1 saturated heterocycles. The van der Waals surface area contributed by atoms with Crippen molar-refractivity contribution in [2.75, 3.05) is 21.3 Å². The molecule has 0 saturated carbocycles. The quantitative estimate of drug-likeness (QED) is 0.800. The zero-order valence-corrected chi connectivity index (χ0v) is 16.0. The van der Waals surface area contributed by atoms with Gasteiger partial charge in [-0.2, -0.15) is 0 Å². The third-order valence-corrected chi connectivity index (χ3v) is 5.67. The lowest BCUT2D eigenvalue weighted by Crippen LogP contribution is -2.55. The number of methoxy groups -OCH3 is 3. The molecule has 1 unspecified atom stereocenters. The van der Waals surface area contributed by atoms with E-state index < -0.39 is 23.9 Å². The molecule has 5 atom stereocenters. The molecule has 26 heavy (non-hydrogen) atoms. The Balaban J connectivity index is 2.01. The molecule has 6 heteroatoms. The van der Waals surface area contributed by atoms with Crippen molar-refractivity contribution < 1.29 is 29.2 Å². The van der Waals surface area contributed by atoms with E-state index in [0.29, 0.717) is 30.1 Å². The molecule has 1 aromatic rings. The summed E-state index contributed by atoms with van der Waals surface area (Å²) < 4.78 is 22.7. The van der Waals surface area contributed by atoms with E-state index in [1.807, 2.05) is 26.0 Å². The Morgan fingerprint density at radius 2 is 1.81 bits per heavy atom. The Morgan fingerprint density at radius 1 is 1.12 bits per heavy atom. The summed E-state index contributed by atoms with van der Waals surface area (Å²) in [5.41, 5.74) is 0.675. The van der Waals surface area contributed by atoms with E-state index in [2.05, 4.69) is 0 Å². The predicted octanol–water partition coefficient (Wildman–Crippen LogP) is 2.62. The summed E-state index contributed by atoms with van der Waals surface area (Å²) in [4.78, 5) is 0. The number of rotatable bonds is 4. The number of fused-ring (bicyclic) bond motifs is 1. The van der Waals surface area contributed by atoms with E-state index in [0.717, 1.165) is 11.1 Å². The van der Waals surface area contributed by atoms with Gasteiger partial charge in [0.05, 0.1) is 39.1 Å². The third kappa shape index (κ3) is 3.06. The number of ether oxygens (including phenoxy) is 4. The first kappa shape index (κ1) is 19.0. The van der Waals surface area contributed by atoms with Crippen molar-refractivity contribution in [1.29, 1.82) is 0 Å². The van der Waals surface area contributed by atoms with E-state index in [-0.39, 0.29) is 5.92 Å². The van der Waals surface area contributed by atoms with Gasteiger partial charge in [0.2, 0.25) is 5.75 Å². The normalized spacial score (nSPS) is 33.9. The Labute approximate surface area is 154 Å². The lowest BCUT2D eigenvalue weighted by molar-refractivity contribution is -0.206. The minimum absolute atomic E-state index is 0.149. The van der Waals surface area contributed by atoms with Gasteiger partial charge in [-0.15, -0.1) is 0 Å². The summed E-state index contributed by atoms with van der Waals surface area (Å²) >= 11 is 0. The van der Waals surface area contributed by atoms with Gasteiger partial charge in [0.25, 0.3) is 0 Å². The first-order valence-electron chi connectivity index (χ1n) is 8.85. The molecule has 0 radical (unpaired) electrons. The van der Waals surface area contributed by atoms with Gasteiger partial charge in [0, 0.05) is 17.9 Å². The maximum Gasteiger partial charge on any atom is 0.203 e. The number of aliphatic hydroxyl groups is 2. The topological polar surface area (TPSA) is 77.4 Å². The van der Waals surface area contributed by atoms with Crippen LogP contribution in [0.5, 0.6) is 17.2 Å². The Morgan fingerprint density at radius 3 is 2.42 bits per heavy atom. The monoisotopic (exact) mass is 364 g/mol. The SMILES string of the molecule is COc1ccc([C@@H]2CC(C)(O)[C@@H]3CC=C(C)[C@@H](O)[C@@H]3O2)c(OC)c1OC. The molecule has 0 amide bonds. The second kappa shape index (κ2) is 7.10. The standard InChI is InChI=1S/C20H28O6/c1-11-6-8-13-18(16(11)21)26-15(10-20(13,2)22)12-7-9-14(23-3)19(25-5)17(12)24-4/h6-7,9,13,15-16,18,21-22H,8,10H2,1-5H3/t13-,15+,16-,18-,20?/m1/s1. The van der Waals surface area contributed by atoms with E-state index in [4.69, 9.17) is 18.9 Å². The van der Waals surface area contributed by atoms with Crippen molar-refractivity contribution >= 4 is 0 Å². The van der Waals surface area contributed by atoms with Crippen LogP contribution in [0, 0.1) is 5.92 Å². The Hall–Kier alpha value is -1.76. The lowest BCUT2D eigenvalue weighted by Gasteiger charge is -2.49. The van der Waals surface area contributed by atoms with Crippen LogP contribution in [0.1, 0.15) is 38.4 Å². The van der Waals surface area contributed by atoms with Gasteiger partial charge in [0.15, 0.2) is 11.5 Å². The van der Waals surface area contributed by atoms with E-state index in [1.54, 1.807) is 27.4 Å². The second-order valence-corrected chi connectivity index (χ2v) is 7.31. The molecule has 144 valence electrons. The number of hydrogen-bond donors (Lipinski definition) is 2. The Kier molecular flexibility index (Phi) is 5.19. The molecule has 6 nitrogen and oxygen atoms in total. The second-order valence-electron chi connectivity index (χ2n) is 7.31. The van der Waals surface area contributed by atoms with Crippen molar-refractivity contribution in [2.24, 2.45) is 5.92 Å². The van der Waals surface area contributed by atoms with Gasteiger partial charge in [0.1, 0.15) is 6.10 Å². The number of hydrogen-bond acceptors (Lipinski definition) is 6. The molecule has 1 aliphatic carbocycles. The molecule has 1 heterocycles. The van der Waals surface area contributed by atoms with Crippen LogP contribution in [-0.2, 0) is 4.74 Å². The van der Waals surface area contributed by atoms with Gasteiger partial charge in [-0.05, 0) is 38.0 Å². The van der Waals surface area contributed by atoms with E-state index in [9.17, 15) is 10.2 Å². The van der Waals surface area contributed by atoms with Crippen LogP contribution in [0.3, 0.4) is 0 Å². The highest BCUT2D eigenvalue weighted by atomic mass is 16.5. The van der Waals surface area contributed by atoms with Crippen LogP contribution in [0.4, 0.5) is 0 Å². The lowest BCUT2D eigenvalue weighted by atomic mass is 9.70. The van der Waals surface area contributed by atoms with E-state index >= 15 is 0 Å². The minimum Gasteiger partial charge on any atom is -0.493 e. The van der Waals surface area contributed by atoms with Crippen LogP contribution < -0.4 is 14.2 Å². The van der Waals surface area contributed by atoms with Crippen molar-refractivity contribution in [3.63, 3.8) is 0 Å².